The van der Waals surface area contributed by atoms with E-state index in [-0.39, 0.29) is 6.42 Å². The smallest absolute Gasteiger partial charge is 0.416 e. The summed E-state index contributed by atoms with van der Waals surface area (Å²) in [7, 11) is 1.57. The Morgan fingerprint density at radius 1 is 1.03 bits per heavy atom. The van der Waals surface area contributed by atoms with Crippen LogP contribution in [0.5, 0.6) is 5.88 Å². The van der Waals surface area contributed by atoms with Crippen LogP contribution in [0.3, 0.4) is 0 Å². The minimum Gasteiger partial charge on any atom is -0.482 e. The third-order valence-electron chi connectivity index (χ3n) is 5.70. The van der Waals surface area contributed by atoms with E-state index in [0.717, 1.165) is 39.2 Å². The van der Waals surface area contributed by atoms with Crippen LogP contribution in [-0.2, 0) is 19.0 Å². The van der Waals surface area contributed by atoms with Crippen LogP contribution in [0.1, 0.15) is 27.8 Å². The molecular weight excluding hydrogens is 427 g/mol. The number of rotatable bonds is 6. The number of hydrogen-bond acceptors (Lipinski definition) is 3. The van der Waals surface area contributed by atoms with Gasteiger partial charge in [0.1, 0.15) is 0 Å². The molecule has 1 aromatic heterocycles. The minimum atomic E-state index is -4.42. The van der Waals surface area contributed by atoms with Crippen molar-refractivity contribution in [1.82, 2.24) is 4.98 Å². The Labute approximate surface area is 189 Å². The molecule has 0 spiro atoms. The second-order valence-electron chi connectivity index (χ2n) is 7.75. The first kappa shape index (κ1) is 22.4. The Morgan fingerprint density at radius 2 is 1.79 bits per heavy atom. The molecular formula is C26H22F3N3O. The van der Waals surface area contributed by atoms with Crippen LogP contribution in [0.25, 0.3) is 22.0 Å². The number of aromatic nitrogens is 1. The Bertz CT molecular complexity index is 1330. The van der Waals surface area contributed by atoms with E-state index in [0.29, 0.717) is 30.0 Å². The highest BCUT2D eigenvalue weighted by Crippen LogP contribution is 2.38. The minimum absolute atomic E-state index is 0.287. The molecule has 0 bridgehead atoms. The van der Waals surface area contributed by atoms with Crippen molar-refractivity contribution in [2.45, 2.75) is 19.0 Å². The molecule has 4 rings (SSSR count). The molecule has 0 saturated carbocycles. The normalized spacial score (nSPS) is 11.5. The molecule has 3 N–H and O–H groups in total. The number of ether oxygens (including phenoxy) is 1. The summed E-state index contributed by atoms with van der Waals surface area (Å²) in [5, 5.41) is 10.0. The molecule has 0 aliphatic rings. The van der Waals surface area contributed by atoms with Crippen LogP contribution in [0.15, 0.2) is 60.7 Å². The number of halogens is 3. The first-order valence-electron chi connectivity index (χ1n) is 10.4. The Balaban J connectivity index is 1.95. The molecule has 0 atom stereocenters. The second-order valence-corrected chi connectivity index (χ2v) is 7.75. The number of methoxy groups -OCH3 is 1. The van der Waals surface area contributed by atoms with Crippen LogP contribution in [0.2, 0.25) is 0 Å². The maximum absolute atomic E-state index is 13.3. The molecule has 33 heavy (non-hydrogen) atoms. The molecule has 3 aromatic carbocycles. The van der Waals surface area contributed by atoms with Gasteiger partial charge in [0, 0.05) is 16.5 Å². The quantitative estimate of drug-likeness (QED) is 0.389. The molecule has 0 radical (unpaired) electrons. The number of H-pyrrole nitrogens is 1. The first-order chi connectivity index (χ1) is 15.9. The summed E-state index contributed by atoms with van der Waals surface area (Å²) < 4.78 is 45.5. The zero-order valence-corrected chi connectivity index (χ0v) is 18.0. The van der Waals surface area contributed by atoms with Crippen molar-refractivity contribution in [2.75, 3.05) is 13.7 Å². The van der Waals surface area contributed by atoms with Gasteiger partial charge in [-0.25, -0.2) is 0 Å². The molecule has 7 heteroatoms. The van der Waals surface area contributed by atoms with E-state index in [4.69, 9.17) is 15.7 Å². The maximum atomic E-state index is 13.3. The summed E-state index contributed by atoms with van der Waals surface area (Å²) in [5.41, 5.74) is 10.6. The lowest BCUT2D eigenvalue weighted by Gasteiger charge is -2.15. The van der Waals surface area contributed by atoms with E-state index in [1.54, 1.807) is 25.3 Å². The van der Waals surface area contributed by atoms with Gasteiger partial charge < -0.3 is 15.5 Å². The third-order valence-corrected chi connectivity index (χ3v) is 5.70. The van der Waals surface area contributed by atoms with Crippen LogP contribution in [0.4, 0.5) is 13.2 Å². The van der Waals surface area contributed by atoms with Gasteiger partial charge in [0.2, 0.25) is 0 Å². The van der Waals surface area contributed by atoms with Crippen molar-refractivity contribution in [3.8, 4) is 23.1 Å². The van der Waals surface area contributed by atoms with E-state index >= 15 is 0 Å². The highest BCUT2D eigenvalue weighted by molar-refractivity contribution is 5.95. The van der Waals surface area contributed by atoms with E-state index < -0.39 is 11.7 Å². The van der Waals surface area contributed by atoms with Gasteiger partial charge in [-0.3, -0.25) is 0 Å². The van der Waals surface area contributed by atoms with E-state index in [1.807, 2.05) is 24.3 Å². The van der Waals surface area contributed by atoms with Crippen molar-refractivity contribution in [1.29, 1.82) is 5.26 Å². The van der Waals surface area contributed by atoms with Crippen molar-refractivity contribution in [3.05, 3.63) is 88.5 Å². The van der Waals surface area contributed by atoms with Crippen molar-refractivity contribution in [3.63, 3.8) is 0 Å². The summed E-state index contributed by atoms with van der Waals surface area (Å²) >= 11 is 0. The molecule has 0 aliphatic heterocycles. The number of fused-ring (bicyclic) bond motifs is 1. The van der Waals surface area contributed by atoms with Gasteiger partial charge in [-0.1, -0.05) is 36.4 Å². The van der Waals surface area contributed by atoms with E-state index in [1.165, 1.54) is 12.1 Å². The Kier molecular flexibility index (Phi) is 6.12. The average molecular weight is 449 g/mol. The lowest BCUT2D eigenvalue weighted by atomic mass is 9.89. The standard InChI is InChI=1S/C26H22F3N3O/c1-33-25-21(11-12-30)24-22(14-17-3-2-4-19(13-17)26(27,28)29)20(9-10-23(24)32-25)18-7-5-16(15-31)6-8-18/h2-10,13,32H,11-12,14,30H2,1H3. The van der Waals surface area contributed by atoms with Crippen molar-refractivity contribution in [2.24, 2.45) is 5.73 Å². The number of nitrogens with two attached hydrogens (primary N) is 1. The van der Waals surface area contributed by atoms with Crippen LogP contribution < -0.4 is 10.5 Å². The Hall–Kier alpha value is -3.76. The molecule has 1 heterocycles. The Morgan fingerprint density at radius 3 is 2.42 bits per heavy atom. The molecule has 0 saturated heterocycles. The molecule has 4 aromatic rings. The van der Waals surface area contributed by atoms with E-state index in [9.17, 15) is 13.2 Å². The monoisotopic (exact) mass is 449 g/mol. The highest BCUT2D eigenvalue weighted by Gasteiger charge is 2.30. The first-order valence-corrected chi connectivity index (χ1v) is 10.4. The number of nitriles is 1. The summed E-state index contributed by atoms with van der Waals surface area (Å²) in [6.45, 7) is 0.396. The second kappa shape index (κ2) is 9.00. The SMILES string of the molecule is COc1[nH]c2ccc(-c3ccc(C#N)cc3)c(Cc3cccc(C(F)(F)F)c3)c2c1CCN. The number of nitrogens with one attached hydrogen (secondary N) is 1. The summed E-state index contributed by atoms with van der Waals surface area (Å²) in [4.78, 5) is 3.26. The lowest BCUT2D eigenvalue weighted by Crippen LogP contribution is -2.06. The fourth-order valence-corrected chi connectivity index (χ4v) is 4.21. The van der Waals surface area contributed by atoms with Gasteiger partial charge in [0.05, 0.1) is 24.3 Å². The zero-order valence-electron chi connectivity index (χ0n) is 18.0. The van der Waals surface area contributed by atoms with E-state index in [2.05, 4.69) is 11.1 Å². The van der Waals surface area contributed by atoms with Gasteiger partial charge in [-0.2, -0.15) is 18.4 Å². The predicted octanol–water partition coefficient (Wildman–Crippen LogP) is 5.83. The number of benzene rings is 3. The van der Waals surface area contributed by atoms with Crippen molar-refractivity contribution < 1.29 is 17.9 Å². The zero-order chi connectivity index (χ0) is 23.6. The third kappa shape index (κ3) is 4.43. The fourth-order valence-electron chi connectivity index (χ4n) is 4.21. The largest absolute Gasteiger partial charge is 0.482 e. The van der Waals surface area contributed by atoms with Crippen LogP contribution in [-0.4, -0.2) is 18.6 Å². The molecule has 0 unspecified atom stereocenters. The average Bonchev–Trinajstić information content (AvgIpc) is 3.17. The van der Waals surface area contributed by atoms with Gasteiger partial charge in [0.15, 0.2) is 5.88 Å². The number of hydrogen-bond donors (Lipinski definition) is 2. The molecule has 168 valence electrons. The number of aromatic amines is 1. The molecule has 0 aliphatic carbocycles. The number of nitrogens with zero attached hydrogens (tertiary/aromatic N) is 1. The summed E-state index contributed by atoms with van der Waals surface area (Å²) in [6, 6.07) is 18.5. The number of alkyl halides is 3. The van der Waals surface area contributed by atoms with Gasteiger partial charge in [-0.15, -0.1) is 0 Å². The lowest BCUT2D eigenvalue weighted by molar-refractivity contribution is -0.137. The molecule has 0 amide bonds. The molecule has 4 nitrogen and oxygen atoms in total. The topological polar surface area (TPSA) is 74.8 Å². The fraction of sp³-hybridized carbons (Fsp3) is 0.192. The molecule has 0 fully saturated rings. The maximum Gasteiger partial charge on any atom is 0.416 e. The van der Waals surface area contributed by atoms with Gasteiger partial charge in [0.25, 0.3) is 0 Å². The van der Waals surface area contributed by atoms with Crippen molar-refractivity contribution >= 4 is 10.9 Å². The van der Waals surface area contributed by atoms with Gasteiger partial charge >= 0.3 is 6.18 Å². The van der Waals surface area contributed by atoms with Gasteiger partial charge in [-0.05, 0) is 65.9 Å². The van der Waals surface area contributed by atoms with Crippen LogP contribution >= 0.6 is 0 Å². The summed E-state index contributed by atoms with van der Waals surface area (Å²) in [6.07, 6.45) is -3.58. The van der Waals surface area contributed by atoms with Crippen LogP contribution in [0, 0.1) is 11.3 Å². The highest BCUT2D eigenvalue weighted by atomic mass is 19.4. The summed E-state index contributed by atoms with van der Waals surface area (Å²) in [5.74, 6) is 0.595. The predicted molar refractivity (Wildman–Crippen MR) is 122 cm³/mol.